The molecule has 10 heteroatoms. The van der Waals surface area contributed by atoms with Crippen molar-refractivity contribution < 1.29 is 29.7 Å². The Kier molecular flexibility index (Phi) is 10.1. The quantitative estimate of drug-likeness (QED) is 0.361. The van der Waals surface area contributed by atoms with E-state index in [4.69, 9.17) is 0 Å². The van der Waals surface area contributed by atoms with Crippen LogP contribution >= 0.6 is 0 Å². The lowest BCUT2D eigenvalue weighted by molar-refractivity contribution is -0.340. The van der Waals surface area contributed by atoms with Crippen LogP contribution in [0.15, 0.2) is 0 Å². The predicted molar refractivity (Wildman–Crippen MR) is 174 cm³/mol. The summed E-state index contributed by atoms with van der Waals surface area (Å²) in [5, 5.41) is 40.7. The summed E-state index contributed by atoms with van der Waals surface area (Å²) in [6.45, 7) is 23.9. The largest absolute Gasteiger partial charge is 0.549 e. The molecular formula is C36H63N4O6-3. The first-order chi connectivity index (χ1) is 20.5. The number of hydrogen-bond donors (Lipinski definition) is 0. The highest BCUT2D eigenvalue weighted by Crippen LogP contribution is 2.55. The fourth-order valence-electron chi connectivity index (χ4n) is 10.5. The number of hydrogen-bond acceptors (Lipinski definition) is 10. The fraction of sp³-hybridized carbons (Fsp3) is 0.917. The number of carbonyl (C=O) groups excluding carboxylic acids is 3. The summed E-state index contributed by atoms with van der Waals surface area (Å²) in [6.07, 6.45) is 2.52. The van der Waals surface area contributed by atoms with Crippen molar-refractivity contribution in [3.05, 3.63) is 0 Å². The topological polar surface area (TPSA) is 133 Å². The second-order valence-electron chi connectivity index (χ2n) is 18.8. The van der Waals surface area contributed by atoms with E-state index in [9.17, 15) is 29.7 Å². The second-order valence-corrected chi connectivity index (χ2v) is 18.8. The van der Waals surface area contributed by atoms with Crippen LogP contribution in [0.5, 0.6) is 0 Å². The van der Waals surface area contributed by atoms with E-state index in [-0.39, 0.29) is 0 Å². The molecule has 0 N–H and O–H groups in total. The van der Waals surface area contributed by atoms with Crippen molar-refractivity contribution in [3.63, 3.8) is 0 Å². The van der Waals surface area contributed by atoms with Crippen LogP contribution in [-0.4, -0.2) is 110 Å². The van der Waals surface area contributed by atoms with Crippen LogP contribution in [0.1, 0.15) is 122 Å². The lowest BCUT2D eigenvalue weighted by Gasteiger charge is -2.67. The van der Waals surface area contributed by atoms with Crippen LogP contribution < -0.4 is 15.3 Å². The minimum atomic E-state index is -1.94. The summed E-state index contributed by atoms with van der Waals surface area (Å²) in [6, 6.07) is -1.49. The van der Waals surface area contributed by atoms with Crippen LogP contribution in [0.2, 0.25) is 0 Å². The minimum absolute atomic E-state index is 0.418. The number of nitrogens with zero attached hydrogens (tertiary/aromatic N) is 4. The van der Waals surface area contributed by atoms with Gasteiger partial charge in [0.05, 0.1) is 29.5 Å². The van der Waals surface area contributed by atoms with E-state index in [0.29, 0.717) is 38.5 Å². The van der Waals surface area contributed by atoms with Crippen LogP contribution in [0.25, 0.3) is 0 Å². The molecular weight excluding hydrogens is 584 g/mol. The molecule has 3 fully saturated rings. The number of carboxylic acid groups (broad SMARTS) is 3. The van der Waals surface area contributed by atoms with Gasteiger partial charge < -0.3 is 29.7 Å². The van der Waals surface area contributed by atoms with Gasteiger partial charge in [-0.25, -0.2) is 0 Å². The maximum absolute atomic E-state index is 14.4. The van der Waals surface area contributed by atoms with Gasteiger partial charge in [-0.2, -0.15) is 0 Å². The van der Waals surface area contributed by atoms with Crippen molar-refractivity contribution >= 4 is 17.9 Å². The van der Waals surface area contributed by atoms with Crippen molar-refractivity contribution in [2.45, 2.75) is 166 Å². The molecule has 10 nitrogen and oxygen atoms in total. The molecule has 1 atom stereocenters. The zero-order valence-electron chi connectivity index (χ0n) is 31.5. The molecule has 3 heterocycles. The number of rotatable bonds is 9. The second kappa shape index (κ2) is 12.0. The zero-order chi connectivity index (χ0) is 35.8. The Bertz CT molecular complexity index is 1090. The van der Waals surface area contributed by atoms with E-state index in [1.165, 1.54) is 4.90 Å². The van der Waals surface area contributed by atoms with Gasteiger partial charge in [-0.15, -0.1) is 0 Å². The van der Waals surface area contributed by atoms with E-state index in [0.717, 1.165) is 0 Å². The Hall–Kier alpha value is -1.75. The average Bonchev–Trinajstić information content (AvgIpc) is 2.83. The highest BCUT2D eigenvalue weighted by atomic mass is 16.4. The van der Waals surface area contributed by atoms with Crippen molar-refractivity contribution in [3.8, 4) is 0 Å². The molecule has 266 valence electrons. The average molecular weight is 648 g/mol. The SMILES string of the molecule is CN1C(C)(C)CC(C(C(=O)[O-])N(CC(=O)[O-])C(C(=O)[O-])(C2CC(C)(C)N(C)C(C)(C)C2)C2CC(C)(C)N(C)C(C)(C)C2)CC1(C)C. The Labute approximate surface area is 278 Å². The molecule has 3 aliphatic heterocycles. The van der Waals surface area contributed by atoms with Crippen LogP contribution in [0.4, 0.5) is 0 Å². The molecule has 0 saturated carbocycles. The number of aliphatic carboxylic acids is 3. The van der Waals surface area contributed by atoms with Crippen molar-refractivity contribution in [2.24, 2.45) is 17.8 Å². The van der Waals surface area contributed by atoms with Gasteiger partial charge in [0, 0.05) is 39.8 Å². The summed E-state index contributed by atoms with van der Waals surface area (Å²) >= 11 is 0. The molecule has 3 saturated heterocycles. The molecule has 3 aliphatic rings. The summed E-state index contributed by atoms with van der Waals surface area (Å²) in [7, 11) is 6.08. The molecule has 1 unspecified atom stereocenters. The summed E-state index contributed by atoms with van der Waals surface area (Å²) in [4.78, 5) is 48.7. The van der Waals surface area contributed by atoms with Crippen molar-refractivity contribution in [1.29, 1.82) is 0 Å². The molecule has 0 aromatic carbocycles. The molecule has 0 radical (unpaired) electrons. The third-order valence-corrected chi connectivity index (χ3v) is 13.3. The standard InChI is InChI=1S/C36H66N4O6/c1-30(2)16-23(17-31(3,4)37(30)13)27(28(43)44)40(22-26(41)42)36(29(45)46,24-18-32(5,6)38(14)33(7,8)19-24)25-20-34(9,10)39(15)35(11,12)21-25/h23-25,27H,16-22H2,1-15H3,(H,41,42)(H,43,44)(H,45,46)/p-3. The summed E-state index contributed by atoms with van der Waals surface area (Å²) in [5.74, 6) is -6.19. The summed E-state index contributed by atoms with van der Waals surface area (Å²) in [5.41, 5.74) is -4.68. The first-order valence-corrected chi connectivity index (χ1v) is 17.1. The fourth-order valence-corrected chi connectivity index (χ4v) is 10.5. The number of carbonyl (C=O) groups is 3. The van der Waals surface area contributed by atoms with E-state index in [1.54, 1.807) is 0 Å². The summed E-state index contributed by atoms with van der Waals surface area (Å²) < 4.78 is 0. The van der Waals surface area contributed by atoms with E-state index in [1.807, 2.05) is 48.8 Å². The molecule has 0 amide bonds. The van der Waals surface area contributed by atoms with Gasteiger partial charge in [-0.05, 0) is 161 Å². The zero-order valence-corrected chi connectivity index (χ0v) is 31.5. The Morgan fingerprint density at radius 2 is 0.891 bits per heavy atom. The first-order valence-electron chi connectivity index (χ1n) is 17.1. The third kappa shape index (κ3) is 6.61. The maximum Gasteiger partial charge on any atom is 0.0675 e. The van der Waals surface area contributed by atoms with Gasteiger partial charge in [-0.1, -0.05) is 0 Å². The first kappa shape index (κ1) is 38.7. The number of likely N-dealkylation sites (tertiary alicyclic amines) is 3. The van der Waals surface area contributed by atoms with Gasteiger partial charge in [-0.3, -0.25) is 19.6 Å². The van der Waals surface area contributed by atoms with Gasteiger partial charge in [0.25, 0.3) is 0 Å². The monoisotopic (exact) mass is 647 g/mol. The van der Waals surface area contributed by atoms with Gasteiger partial charge in [0.1, 0.15) is 0 Å². The Balaban J connectivity index is 2.44. The smallest absolute Gasteiger partial charge is 0.0675 e. The minimum Gasteiger partial charge on any atom is -0.549 e. The van der Waals surface area contributed by atoms with Gasteiger partial charge in [0.2, 0.25) is 0 Å². The lowest BCUT2D eigenvalue weighted by atomic mass is 9.56. The highest BCUT2D eigenvalue weighted by molar-refractivity contribution is 5.82. The molecule has 0 aromatic heterocycles. The third-order valence-electron chi connectivity index (χ3n) is 13.3. The Morgan fingerprint density at radius 3 is 1.13 bits per heavy atom. The van der Waals surface area contributed by atoms with Crippen molar-refractivity contribution in [2.75, 3.05) is 27.7 Å². The molecule has 0 spiro atoms. The molecule has 0 aromatic rings. The van der Waals surface area contributed by atoms with Crippen LogP contribution in [0.3, 0.4) is 0 Å². The number of piperidine rings is 3. The normalized spacial score (nSPS) is 28.2. The molecule has 0 aliphatic carbocycles. The van der Waals surface area contributed by atoms with Gasteiger partial charge in [0.15, 0.2) is 0 Å². The Morgan fingerprint density at radius 1 is 0.609 bits per heavy atom. The number of carboxylic acids is 3. The van der Waals surface area contributed by atoms with Gasteiger partial charge >= 0.3 is 0 Å². The maximum atomic E-state index is 14.4. The van der Waals surface area contributed by atoms with Crippen LogP contribution in [-0.2, 0) is 14.4 Å². The predicted octanol–water partition coefficient (Wildman–Crippen LogP) is 1.34. The van der Waals surface area contributed by atoms with Crippen LogP contribution in [0, 0.1) is 17.8 Å². The van der Waals surface area contributed by atoms with E-state index in [2.05, 4.69) is 70.1 Å². The molecule has 46 heavy (non-hydrogen) atoms. The molecule has 3 rings (SSSR count). The van der Waals surface area contributed by atoms with E-state index >= 15 is 0 Å². The highest BCUT2D eigenvalue weighted by Gasteiger charge is 2.62. The van der Waals surface area contributed by atoms with Crippen molar-refractivity contribution in [1.82, 2.24) is 19.6 Å². The molecule has 0 bridgehead atoms. The van der Waals surface area contributed by atoms with E-state index < -0.39 is 87.0 Å². The lowest BCUT2D eigenvalue weighted by Crippen LogP contribution is -2.79.